The Morgan fingerprint density at radius 1 is 1.47 bits per heavy atom. The van der Waals surface area contributed by atoms with E-state index in [4.69, 9.17) is 4.74 Å². The summed E-state index contributed by atoms with van der Waals surface area (Å²) in [6.07, 6.45) is 2.23. The average molecular weight is 230 g/mol. The second-order valence-electron chi connectivity index (χ2n) is 2.79. The van der Waals surface area contributed by atoms with Crippen LogP contribution in [0, 0.1) is 0 Å². The van der Waals surface area contributed by atoms with Crippen LogP contribution < -0.4 is 9.46 Å². The number of amides is 1. The minimum atomic E-state index is -3.56. The number of ether oxygens (including phenoxy) is 1. The Morgan fingerprint density at radius 3 is 2.53 bits per heavy atom. The molecule has 0 atom stereocenters. The van der Waals surface area contributed by atoms with Crippen LogP contribution in [0.4, 0.5) is 0 Å². The lowest BCUT2D eigenvalue weighted by Crippen LogP contribution is -2.29. The van der Waals surface area contributed by atoms with Crippen LogP contribution in [0.1, 0.15) is 10.5 Å². The predicted octanol–water partition coefficient (Wildman–Crippen LogP) is -0.220. The van der Waals surface area contributed by atoms with E-state index >= 15 is 0 Å². The van der Waals surface area contributed by atoms with Crippen LogP contribution in [0.3, 0.4) is 0 Å². The quantitative estimate of drug-likeness (QED) is 0.775. The summed E-state index contributed by atoms with van der Waals surface area (Å²) in [5.41, 5.74) is 0.0150. The molecule has 15 heavy (non-hydrogen) atoms. The number of hydrogen-bond acceptors (Lipinski definition) is 5. The molecule has 0 aliphatic heterocycles. The maximum atomic E-state index is 11.3. The molecular weight excluding hydrogens is 220 g/mol. The van der Waals surface area contributed by atoms with E-state index in [-0.39, 0.29) is 5.69 Å². The van der Waals surface area contributed by atoms with E-state index in [2.05, 4.69) is 4.98 Å². The summed E-state index contributed by atoms with van der Waals surface area (Å²) in [6, 6.07) is 2.89. The van der Waals surface area contributed by atoms with Crippen molar-refractivity contribution in [3.05, 3.63) is 24.0 Å². The van der Waals surface area contributed by atoms with Crippen molar-refractivity contribution in [2.75, 3.05) is 13.4 Å². The summed E-state index contributed by atoms with van der Waals surface area (Å²) in [5, 5.41) is 0. The van der Waals surface area contributed by atoms with Crippen molar-refractivity contribution in [2.24, 2.45) is 0 Å². The van der Waals surface area contributed by atoms with Gasteiger partial charge in [-0.15, -0.1) is 0 Å². The summed E-state index contributed by atoms with van der Waals surface area (Å²) in [6.45, 7) is 0. The van der Waals surface area contributed by atoms with Gasteiger partial charge in [0.1, 0.15) is 11.4 Å². The first-order valence-corrected chi connectivity index (χ1v) is 5.83. The van der Waals surface area contributed by atoms with Gasteiger partial charge in [0.15, 0.2) is 0 Å². The largest absolute Gasteiger partial charge is 0.495 e. The van der Waals surface area contributed by atoms with Gasteiger partial charge in [0.05, 0.1) is 19.6 Å². The molecule has 1 N–H and O–H groups in total. The lowest BCUT2D eigenvalue weighted by atomic mass is 10.3. The Hall–Kier alpha value is -1.63. The SMILES string of the molecule is COc1ccc(C(=O)NS(C)(=O)=O)nc1. The van der Waals surface area contributed by atoms with E-state index in [1.807, 2.05) is 0 Å². The number of pyridine rings is 1. The van der Waals surface area contributed by atoms with Gasteiger partial charge in [-0.2, -0.15) is 0 Å². The standard InChI is InChI=1S/C8H10N2O4S/c1-14-6-3-4-7(9-5-6)8(11)10-15(2,12)13/h3-5H,1-2H3,(H,10,11). The third-order valence-corrected chi connectivity index (χ3v) is 2.04. The van der Waals surface area contributed by atoms with E-state index < -0.39 is 15.9 Å². The highest BCUT2D eigenvalue weighted by atomic mass is 32.2. The molecular formula is C8H10N2O4S. The van der Waals surface area contributed by atoms with Crippen molar-refractivity contribution in [3.8, 4) is 5.75 Å². The molecule has 0 saturated heterocycles. The Balaban J connectivity index is 2.84. The second kappa shape index (κ2) is 4.26. The molecule has 6 nitrogen and oxygen atoms in total. The van der Waals surface area contributed by atoms with Crippen LogP contribution in [0.15, 0.2) is 18.3 Å². The van der Waals surface area contributed by atoms with Crippen molar-refractivity contribution < 1.29 is 17.9 Å². The van der Waals surface area contributed by atoms with Gasteiger partial charge in [0, 0.05) is 0 Å². The summed E-state index contributed by atoms with van der Waals surface area (Å²) >= 11 is 0. The van der Waals surface area contributed by atoms with Crippen LogP contribution in [0.2, 0.25) is 0 Å². The molecule has 0 bridgehead atoms. The number of methoxy groups -OCH3 is 1. The minimum absolute atomic E-state index is 0.0150. The first-order valence-electron chi connectivity index (χ1n) is 3.94. The van der Waals surface area contributed by atoms with Gasteiger partial charge in [-0.05, 0) is 12.1 Å². The van der Waals surface area contributed by atoms with Crippen LogP contribution >= 0.6 is 0 Å². The topological polar surface area (TPSA) is 85.4 Å². The fourth-order valence-electron chi connectivity index (χ4n) is 0.856. The molecule has 1 aromatic rings. The summed E-state index contributed by atoms with van der Waals surface area (Å²) in [4.78, 5) is 15.0. The molecule has 0 aliphatic rings. The molecule has 7 heteroatoms. The molecule has 0 saturated carbocycles. The van der Waals surface area contributed by atoms with Gasteiger partial charge in [-0.3, -0.25) is 4.79 Å². The van der Waals surface area contributed by atoms with E-state index in [9.17, 15) is 13.2 Å². The number of nitrogens with one attached hydrogen (secondary N) is 1. The zero-order chi connectivity index (χ0) is 11.5. The third-order valence-electron chi connectivity index (χ3n) is 1.48. The first kappa shape index (κ1) is 11.4. The molecule has 0 aromatic carbocycles. The van der Waals surface area contributed by atoms with Crippen LogP contribution in [-0.2, 0) is 10.0 Å². The fraction of sp³-hybridized carbons (Fsp3) is 0.250. The fourth-order valence-corrected chi connectivity index (χ4v) is 1.30. The molecule has 1 aromatic heterocycles. The van der Waals surface area contributed by atoms with Crippen molar-refractivity contribution in [1.82, 2.24) is 9.71 Å². The predicted molar refractivity (Wildman–Crippen MR) is 53.1 cm³/mol. The van der Waals surface area contributed by atoms with Gasteiger partial charge >= 0.3 is 0 Å². The number of hydrogen-bond donors (Lipinski definition) is 1. The molecule has 1 rings (SSSR count). The Kier molecular flexibility index (Phi) is 3.25. The number of rotatable bonds is 3. The maximum absolute atomic E-state index is 11.3. The van der Waals surface area contributed by atoms with Gasteiger partial charge in [-0.25, -0.2) is 18.1 Å². The molecule has 1 heterocycles. The lowest BCUT2D eigenvalue weighted by molar-refractivity contribution is 0.0977. The molecule has 1 amide bonds. The third kappa shape index (κ3) is 3.55. The number of carbonyl (C=O) groups excluding carboxylic acids is 1. The van der Waals surface area contributed by atoms with E-state index in [1.165, 1.54) is 25.4 Å². The van der Waals surface area contributed by atoms with Crippen LogP contribution in [-0.4, -0.2) is 32.7 Å². The Labute approximate surface area is 87.3 Å². The highest BCUT2D eigenvalue weighted by Crippen LogP contribution is 2.07. The number of nitrogens with zero attached hydrogens (tertiary/aromatic N) is 1. The van der Waals surface area contributed by atoms with E-state index in [0.29, 0.717) is 5.75 Å². The highest BCUT2D eigenvalue weighted by molar-refractivity contribution is 7.89. The zero-order valence-electron chi connectivity index (χ0n) is 8.22. The monoisotopic (exact) mass is 230 g/mol. The van der Waals surface area contributed by atoms with Gasteiger partial charge in [0.2, 0.25) is 10.0 Å². The molecule has 0 radical (unpaired) electrons. The van der Waals surface area contributed by atoms with Crippen molar-refractivity contribution in [1.29, 1.82) is 0 Å². The van der Waals surface area contributed by atoms with Crippen molar-refractivity contribution >= 4 is 15.9 Å². The normalized spacial score (nSPS) is 10.8. The van der Waals surface area contributed by atoms with E-state index in [1.54, 1.807) is 4.72 Å². The molecule has 82 valence electrons. The lowest BCUT2D eigenvalue weighted by Gasteiger charge is -2.02. The second-order valence-corrected chi connectivity index (χ2v) is 4.54. The average Bonchev–Trinajstić information content (AvgIpc) is 2.15. The summed E-state index contributed by atoms with van der Waals surface area (Å²) in [5.74, 6) is -0.272. The highest BCUT2D eigenvalue weighted by Gasteiger charge is 2.11. The van der Waals surface area contributed by atoms with Gasteiger partial charge in [-0.1, -0.05) is 0 Å². The molecule has 0 fully saturated rings. The summed E-state index contributed by atoms with van der Waals surface area (Å²) in [7, 11) is -2.09. The summed E-state index contributed by atoms with van der Waals surface area (Å²) < 4.78 is 28.1. The minimum Gasteiger partial charge on any atom is -0.495 e. The molecule has 0 unspecified atom stereocenters. The van der Waals surface area contributed by atoms with Crippen molar-refractivity contribution in [2.45, 2.75) is 0 Å². The van der Waals surface area contributed by atoms with Crippen LogP contribution in [0.5, 0.6) is 5.75 Å². The first-order chi connectivity index (χ1) is 6.92. The maximum Gasteiger partial charge on any atom is 0.283 e. The number of sulfonamides is 1. The number of carbonyl (C=O) groups is 1. The Morgan fingerprint density at radius 2 is 2.13 bits per heavy atom. The van der Waals surface area contributed by atoms with Crippen LogP contribution in [0.25, 0.3) is 0 Å². The smallest absolute Gasteiger partial charge is 0.283 e. The van der Waals surface area contributed by atoms with Crippen molar-refractivity contribution in [3.63, 3.8) is 0 Å². The van der Waals surface area contributed by atoms with Gasteiger partial charge < -0.3 is 4.74 Å². The van der Waals surface area contributed by atoms with Gasteiger partial charge in [0.25, 0.3) is 5.91 Å². The Bertz CT molecular complexity index is 452. The zero-order valence-corrected chi connectivity index (χ0v) is 9.04. The number of aromatic nitrogens is 1. The van der Waals surface area contributed by atoms with E-state index in [0.717, 1.165) is 6.26 Å². The molecule has 0 spiro atoms. The molecule has 0 aliphatic carbocycles.